The second-order valence-corrected chi connectivity index (χ2v) is 8.19. The molecule has 1 saturated heterocycles. The van der Waals surface area contributed by atoms with Gasteiger partial charge >= 0.3 is 0 Å². The summed E-state index contributed by atoms with van der Waals surface area (Å²) < 4.78 is 0.241. The van der Waals surface area contributed by atoms with Gasteiger partial charge in [-0.15, -0.1) is 0 Å². The number of carbonyl (C=O) groups is 3. The van der Waals surface area contributed by atoms with Crippen LogP contribution in [0.1, 0.15) is 17.5 Å². The zero-order valence-corrected chi connectivity index (χ0v) is 16.8. The predicted molar refractivity (Wildman–Crippen MR) is 113 cm³/mol. The van der Waals surface area contributed by atoms with Gasteiger partial charge in [0.25, 0.3) is 11.8 Å². The molecule has 0 aliphatic carbocycles. The minimum atomic E-state index is -1.26. The van der Waals surface area contributed by atoms with Crippen LogP contribution in [0.15, 0.2) is 59.5 Å². The van der Waals surface area contributed by atoms with E-state index < -0.39 is 11.9 Å². The topological polar surface area (TPSA) is 80.7 Å². The van der Waals surface area contributed by atoms with Gasteiger partial charge in [-0.2, -0.15) is 0 Å². The van der Waals surface area contributed by atoms with E-state index in [4.69, 9.17) is 12.2 Å². The number of aliphatic carboxylic acids is 1. The minimum Gasteiger partial charge on any atom is -0.550 e. The fourth-order valence-corrected chi connectivity index (χ4v) is 4.75. The number of thiocarbonyl (C=S) groups is 1. The van der Waals surface area contributed by atoms with E-state index in [-0.39, 0.29) is 28.1 Å². The molecule has 0 spiro atoms. The molecular weight excluding hydrogens is 408 g/mol. The Morgan fingerprint density at radius 3 is 2.38 bits per heavy atom. The van der Waals surface area contributed by atoms with E-state index >= 15 is 0 Å². The number of carboxylic acid groups (broad SMARTS) is 1. The van der Waals surface area contributed by atoms with Crippen LogP contribution in [0, 0.1) is 0 Å². The molecule has 2 heterocycles. The van der Waals surface area contributed by atoms with Gasteiger partial charge in [-0.1, -0.05) is 72.5 Å². The van der Waals surface area contributed by atoms with Crippen LogP contribution in [0.25, 0.3) is 5.57 Å². The van der Waals surface area contributed by atoms with Gasteiger partial charge in [0.1, 0.15) is 4.32 Å². The molecular formula is C21H15N2O4S2-. The predicted octanol–water partition coefficient (Wildman–Crippen LogP) is 1.94. The molecule has 0 radical (unpaired) electrons. The highest BCUT2D eigenvalue weighted by Crippen LogP contribution is 2.44. The first kappa shape index (κ1) is 19.4. The van der Waals surface area contributed by atoms with E-state index in [0.717, 1.165) is 23.0 Å². The van der Waals surface area contributed by atoms with Crippen molar-refractivity contribution in [1.82, 2.24) is 4.90 Å². The maximum atomic E-state index is 13.3. The first-order chi connectivity index (χ1) is 14.0. The van der Waals surface area contributed by atoms with Gasteiger partial charge < -0.3 is 14.8 Å². The number of carbonyl (C=O) groups excluding carboxylic acids is 3. The number of benzene rings is 2. The van der Waals surface area contributed by atoms with Gasteiger partial charge in [0, 0.05) is 24.5 Å². The average molecular weight is 423 g/mol. The van der Waals surface area contributed by atoms with Gasteiger partial charge in [-0.25, -0.2) is 0 Å². The SMILES string of the molecule is O=C([O-])CCN1C(=O)C(=C2C(=O)N(Cc3ccccc3)c3ccccc32)SC1=S. The number of amides is 2. The molecule has 4 rings (SSSR count). The first-order valence-corrected chi connectivity index (χ1v) is 10.1. The van der Waals surface area contributed by atoms with Gasteiger partial charge in [0.15, 0.2) is 0 Å². The monoisotopic (exact) mass is 423 g/mol. The highest BCUT2D eigenvalue weighted by Gasteiger charge is 2.41. The lowest BCUT2D eigenvalue weighted by atomic mass is 10.1. The van der Waals surface area contributed by atoms with Crippen molar-refractivity contribution in [3.05, 3.63) is 70.6 Å². The Morgan fingerprint density at radius 1 is 0.966 bits per heavy atom. The van der Waals surface area contributed by atoms with Crippen LogP contribution in [0.2, 0.25) is 0 Å². The van der Waals surface area contributed by atoms with E-state index in [2.05, 4.69) is 0 Å². The summed E-state index contributed by atoms with van der Waals surface area (Å²) in [5.41, 5.74) is 2.69. The third kappa shape index (κ3) is 3.56. The number of para-hydroxylation sites is 1. The van der Waals surface area contributed by atoms with Gasteiger partial charge in [-0.3, -0.25) is 14.5 Å². The largest absolute Gasteiger partial charge is 0.550 e. The van der Waals surface area contributed by atoms with Crippen LogP contribution in [-0.4, -0.2) is 33.5 Å². The molecule has 146 valence electrons. The highest BCUT2D eigenvalue weighted by atomic mass is 32.2. The molecule has 29 heavy (non-hydrogen) atoms. The van der Waals surface area contributed by atoms with Crippen molar-refractivity contribution in [2.45, 2.75) is 13.0 Å². The summed E-state index contributed by atoms with van der Waals surface area (Å²) in [6, 6.07) is 16.9. The minimum absolute atomic E-state index is 0.0760. The lowest BCUT2D eigenvalue weighted by Crippen LogP contribution is -2.34. The Hall–Kier alpha value is -2.97. The summed E-state index contributed by atoms with van der Waals surface area (Å²) in [6.45, 7) is 0.304. The van der Waals surface area contributed by atoms with Gasteiger partial charge in [-0.05, 0) is 11.6 Å². The standard InChI is InChI=1S/C21H16N2O4S2/c24-16(25)10-11-22-20(27)18(29-21(22)28)17-14-8-4-5-9-15(14)23(19(17)26)12-13-6-2-1-3-7-13/h1-9H,10-12H2,(H,24,25)/p-1. The van der Waals surface area contributed by atoms with Crippen molar-refractivity contribution in [3.63, 3.8) is 0 Å². The maximum absolute atomic E-state index is 13.3. The summed E-state index contributed by atoms with van der Waals surface area (Å²) in [6.07, 6.45) is -0.320. The summed E-state index contributed by atoms with van der Waals surface area (Å²) in [7, 11) is 0. The number of nitrogens with zero attached hydrogens (tertiary/aromatic N) is 2. The fourth-order valence-electron chi connectivity index (χ4n) is 3.37. The van der Waals surface area contributed by atoms with Crippen molar-refractivity contribution in [1.29, 1.82) is 0 Å². The Labute approximate surface area is 176 Å². The molecule has 2 aromatic rings. The van der Waals surface area contributed by atoms with E-state index in [1.807, 2.05) is 48.5 Å². The molecule has 8 heteroatoms. The highest BCUT2D eigenvalue weighted by molar-refractivity contribution is 8.26. The third-order valence-electron chi connectivity index (χ3n) is 4.72. The summed E-state index contributed by atoms with van der Waals surface area (Å²) >= 11 is 6.28. The number of fused-ring (bicyclic) bond motifs is 1. The number of carboxylic acids is 1. The normalized spacial score (nSPS) is 18.6. The number of hydrogen-bond donors (Lipinski definition) is 0. The van der Waals surface area contributed by atoms with Crippen molar-refractivity contribution in [2.75, 3.05) is 11.4 Å². The first-order valence-electron chi connectivity index (χ1n) is 8.90. The summed E-state index contributed by atoms with van der Waals surface area (Å²) in [4.78, 5) is 40.1. The fraction of sp³-hybridized carbons (Fsp3) is 0.143. The smallest absolute Gasteiger partial charge is 0.267 e. The molecule has 0 aromatic heterocycles. The molecule has 6 nitrogen and oxygen atoms in total. The molecule has 0 unspecified atom stereocenters. The molecule has 2 amide bonds. The second kappa shape index (κ2) is 7.81. The lowest BCUT2D eigenvalue weighted by Gasteiger charge is -2.17. The Kier molecular flexibility index (Phi) is 5.21. The maximum Gasteiger partial charge on any atom is 0.267 e. The van der Waals surface area contributed by atoms with Gasteiger partial charge in [0.05, 0.1) is 22.7 Å². The molecule has 2 aliphatic rings. The molecule has 2 aromatic carbocycles. The molecule has 0 saturated carbocycles. The van der Waals surface area contributed by atoms with E-state index in [1.165, 1.54) is 4.90 Å². The molecule has 0 bridgehead atoms. The lowest BCUT2D eigenvalue weighted by molar-refractivity contribution is -0.305. The van der Waals surface area contributed by atoms with Crippen LogP contribution in [-0.2, 0) is 20.9 Å². The van der Waals surface area contributed by atoms with Crippen LogP contribution in [0.3, 0.4) is 0 Å². The summed E-state index contributed by atoms with van der Waals surface area (Å²) in [5, 5.41) is 10.8. The van der Waals surface area contributed by atoms with Crippen LogP contribution >= 0.6 is 24.0 Å². The van der Waals surface area contributed by atoms with Crippen LogP contribution < -0.4 is 10.0 Å². The number of hydrogen-bond acceptors (Lipinski definition) is 6. The van der Waals surface area contributed by atoms with Crippen LogP contribution in [0.5, 0.6) is 0 Å². The molecule has 0 N–H and O–H groups in total. The number of anilines is 1. The molecule has 0 atom stereocenters. The van der Waals surface area contributed by atoms with E-state index in [1.54, 1.807) is 11.0 Å². The average Bonchev–Trinajstić information content (AvgIpc) is 3.14. The summed E-state index contributed by atoms with van der Waals surface area (Å²) in [5.74, 6) is -1.97. The van der Waals surface area contributed by atoms with Crippen molar-refractivity contribution in [2.24, 2.45) is 0 Å². The Morgan fingerprint density at radius 2 is 1.66 bits per heavy atom. The van der Waals surface area contributed by atoms with Crippen molar-refractivity contribution >= 4 is 57.3 Å². The molecule has 2 aliphatic heterocycles. The van der Waals surface area contributed by atoms with Crippen molar-refractivity contribution < 1.29 is 19.5 Å². The number of rotatable bonds is 5. The van der Waals surface area contributed by atoms with Crippen LogP contribution in [0.4, 0.5) is 5.69 Å². The van der Waals surface area contributed by atoms with E-state index in [0.29, 0.717) is 17.7 Å². The third-order valence-corrected chi connectivity index (χ3v) is 6.17. The quantitative estimate of drug-likeness (QED) is 0.540. The zero-order chi connectivity index (χ0) is 20.5. The molecule has 1 fully saturated rings. The number of thioether (sulfide) groups is 1. The van der Waals surface area contributed by atoms with Crippen molar-refractivity contribution in [3.8, 4) is 0 Å². The van der Waals surface area contributed by atoms with Gasteiger partial charge in [0.2, 0.25) is 0 Å². The Balaban J connectivity index is 1.73. The van der Waals surface area contributed by atoms with E-state index in [9.17, 15) is 19.5 Å². The zero-order valence-electron chi connectivity index (χ0n) is 15.2. The Bertz CT molecular complexity index is 1070. The second-order valence-electron chi connectivity index (χ2n) is 6.54.